The van der Waals surface area contributed by atoms with Crippen molar-refractivity contribution in [1.29, 1.82) is 0 Å². The van der Waals surface area contributed by atoms with Gasteiger partial charge in [0.15, 0.2) is 16.3 Å². The lowest BCUT2D eigenvalue weighted by Gasteiger charge is -2.25. The van der Waals surface area contributed by atoms with E-state index in [1.807, 2.05) is 42.5 Å². The van der Waals surface area contributed by atoms with Crippen LogP contribution in [0.5, 0.6) is 17.2 Å². The van der Waals surface area contributed by atoms with Crippen LogP contribution in [0.3, 0.4) is 0 Å². The van der Waals surface area contributed by atoms with Crippen LogP contribution in [0.4, 0.5) is 10.1 Å². The molecule has 46 heavy (non-hydrogen) atoms. The Balaban J connectivity index is 1.39. The first-order valence-electron chi connectivity index (χ1n) is 14.4. The summed E-state index contributed by atoms with van der Waals surface area (Å²) in [5, 5.41) is 2.95. The van der Waals surface area contributed by atoms with Gasteiger partial charge in [0.2, 0.25) is 0 Å². The largest absolute Gasteiger partial charge is 0.497 e. The molecule has 1 amide bonds. The van der Waals surface area contributed by atoms with Gasteiger partial charge in [-0.25, -0.2) is 9.38 Å². The molecule has 1 aliphatic heterocycles. The predicted molar refractivity (Wildman–Crippen MR) is 176 cm³/mol. The smallest absolute Gasteiger partial charge is 0.271 e. The first kappa shape index (κ1) is 30.5. The van der Waals surface area contributed by atoms with E-state index < -0.39 is 6.04 Å². The van der Waals surface area contributed by atoms with E-state index in [1.54, 1.807) is 73.2 Å². The lowest BCUT2D eigenvalue weighted by atomic mass is 9.95. The second-order valence-corrected chi connectivity index (χ2v) is 11.5. The number of anilines is 1. The monoisotopic (exact) mass is 635 g/mol. The average Bonchev–Trinajstić information content (AvgIpc) is 3.37. The molecule has 4 aromatic carbocycles. The average molecular weight is 636 g/mol. The van der Waals surface area contributed by atoms with E-state index in [4.69, 9.17) is 19.2 Å². The number of para-hydroxylation sites is 1. The maximum absolute atomic E-state index is 14.1. The van der Waals surface area contributed by atoms with E-state index >= 15 is 0 Å². The number of thiazole rings is 1. The summed E-state index contributed by atoms with van der Waals surface area (Å²) in [7, 11) is 3.08. The summed E-state index contributed by atoms with van der Waals surface area (Å²) in [6.45, 7) is 1.81. The Morgan fingerprint density at radius 2 is 1.74 bits per heavy atom. The molecule has 0 fully saturated rings. The van der Waals surface area contributed by atoms with Crippen LogP contribution in [0.15, 0.2) is 118 Å². The van der Waals surface area contributed by atoms with E-state index in [2.05, 4.69) is 5.32 Å². The summed E-state index contributed by atoms with van der Waals surface area (Å²) in [5.74, 6) is 0.762. The zero-order valence-electron chi connectivity index (χ0n) is 25.3. The first-order chi connectivity index (χ1) is 22.4. The number of benzene rings is 4. The fraction of sp³-hybridized carbons (Fsp3) is 0.139. The number of hydrogen-bond donors (Lipinski definition) is 1. The molecule has 1 atom stereocenters. The number of carbonyl (C=O) groups excluding carboxylic acids is 1. The molecule has 8 nitrogen and oxygen atoms in total. The van der Waals surface area contributed by atoms with E-state index in [0.29, 0.717) is 60.2 Å². The summed E-state index contributed by atoms with van der Waals surface area (Å²) in [5.41, 5.74) is 3.01. The Kier molecular flexibility index (Phi) is 8.80. The molecular formula is C36H30FN3O5S. The molecule has 0 spiro atoms. The van der Waals surface area contributed by atoms with Gasteiger partial charge in [-0.2, -0.15) is 0 Å². The van der Waals surface area contributed by atoms with Crippen molar-refractivity contribution in [2.75, 3.05) is 19.5 Å². The second-order valence-electron chi connectivity index (χ2n) is 10.5. The molecule has 6 rings (SSSR count). The van der Waals surface area contributed by atoms with Crippen molar-refractivity contribution in [2.24, 2.45) is 4.99 Å². The van der Waals surface area contributed by atoms with Crippen LogP contribution < -0.4 is 34.4 Å². The van der Waals surface area contributed by atoms with Crippen molar-refractivity contribution < 1.29 is 23.4 Å². The van der Waals surface area contributed by atoms with Crippen LogP contribution in [0.2, 0.25) is 0 Å². The van der Waals surface area contributed by atoms with Crippen LogP contribution in [-0.2, 0) is 11.4 Å². The normalized spacial score (nSPS) is 14.3. The first-order valence-corrected chi connectivity index (χ1v) is 15.2. The van der Waals surface area contributed by atoms with Gasteiger partial charge in [0, 0.05) is 11.3 Å². The summed E-state index contributed by atoms with van der Waals surface area (Å²) in [4.78, 5) is 33.1. The summed E-state index contributed by atoms with van der Waals surface area (Å²) in [6, 6.07) is 27.4. The molecular weight excluding hydrogens is 605 g/mol. The second kappa shape index (κ2) is 13.3. The van der Waals surface area contributed by atoms with Crippen molar-refractivity contribution in [1.82, 2.24) is 4.57 Å². The van der Waals surface area contributed by atoms with Crippen LogP contribution in [0.25, 0.3) is 6.08 Å². The molecule has 0 saturated carbocycles. The standard InChI is InChI=1S/C36H30FN3O5S/c1-22-32(34(41)39-26-12-5-4-6-13-26)33(24-11-9-14-27(20-24)43-2)40-35(42)31(46-36(40)38-22)19-23-16-17-29(30(18-23)44-3)45-21-25-10-7-8-15-28(25)37/h4-20,33H,21H2,1-3H3,(H,39,41)/b31-19-/t33-/m0/s1. The molecule has 5 aromatic rings. The van der Waals surface area contributed by atoms with Crippen LogP contribution in [0, 0.1) is 5.82 Å². The topological polar surface area (TPSA) is 91.2 Å². The van der Waals surface area contributed by atoms with Gasteiger partial charge in [0.25, 0.3) is 11.5 Å². The van der Waals surface area contributed by atoms with Gasteiger partial charge < -0.3 is 19.5 Å². The number of ether oxygens (including phenoxy) is 3. The SMILES string of the molecule is COc1cccc([C@H]2C(C(=O)Nc3ccccc3)=C(C)N=c3s/c(=C\c4ccc(OCc5ccccc5F)c(OC)c4)c(=O)n32)c1. The molecule has 0 bridgehead atoms. The molecule has 0 saturated heterocycles. The number of nitrogens with one attached hydrogen (secondary N) is 1. The number of aromatic nitrogens is 1. The zero-order valence-corrected chi connectivity index (χ0v) is 26.1. The van der Waals surface area contributed by atoms with Gasteiger partial charge in [-0.3, -0.25) is 14.2 Å². The summed E-state index contributed by atoms with van der Waals surface area (Å²) >= 11 is 1.23. The van der Waals surface area contributed by atoms with E-state index in [9.17, 15) is 14.0 Å². The molecule has 1 aromatic heterocycles. The third-order valence-electron chi connectivity index (χ3n) is 7.53. The van der Waals surface area contributed by atoms with Crippen molar-refractivity contribution in [3.63, 3.8) is 0 Å². The fourth-order valence-electron chi connectivity index (χ4n) is 5.27. The van der Waals surface area contributed by atoms with Gasteiger partial charge >= 0.3 is 0 Å². The van der Waals surface area contributed by atoms with E-state index in [1.165, 1.54) is 24.5 Å². The number of allylic oxidation sites excluding steroid dienone is 1. The lowest BCUT2D eigenvalue weighted by molar-refractivity contribution is -0.113. The van der Waals surface area contributed by atoms with Crippen molar-refractivity contribution in [3.05, 3.63) is 151 Å². The Bertz CT molecular complexity index is 2140. The molecule has 232 valence electrons. The minimum absolute atomic E-state index is 0.0325. The van der Waals surface area contributed by atoms with Crippen molar-refractivity contribution in [3.8, 4) is 17.2 Å². The Labute approximate surface area is 268 Å². The number of halogens is 1. The number of hydrogen-bond acceptors (Lipinski definition) is 7. The number of methoxy groups -OCH3 is 2. The van der Waals surface area contributed by atoms with E-state index in [0.717, 1.165) is 0 Å². The third kappa shape index (κ3) is 6.20. The lowest BCUT2D eigenvalue weighted by Crippen LogP contribution is -2.40. The van der Waals surface area contributed by atoms with Crippen LogP contribution >= 0.6 is 11.3 Å². The number of fused-ring (bicyclic) bond motifs is 1. The Morgan fingerprint density at radius 1 is 0.957 bits per heavy atom. The van der Waals surface area contributed by atoms with Crippen molar-refractivity contribution >= 4 is 29.0 Å². The maximum atomic E-state index is 14.1. The fourth-order valence-corrected chi connectivity index (χ4v) is 6.32. The Hall–Kier alpha value is -5.48. The van der Waals surface area contributed by atoms with Crippen molar-refractivity contribution in [2.45, 2.75) is 19.6 Å². The highest BCUT2D eigenvalue weighted by molar-refractivity contribution is 7.07. The van der Waals surface area contributed by atoms with Gasteiger partial charge in [-0.05, 0) is 66.6 Å². The molecule has 10 heteroatoms. The number of nitrogens with zero attached hydrogens (tertiary/aromatic N) is 2. The number of rotatable bonds is 9. The van der Waals surface area contributed by atoms with Gasteiger partial charge in [0.1, 0.15) is 18.2 Å². The minimum Gasteiger partial charge on any atom is -0.497 e. The zero-order chi connectivity index (χ0) is 32.2. The highest BCUT2D eigenvalue weighted by Gasteiger charge is 2.32. The number of carbonyl (C=O) groups is 1. The van der Waals surface area contributed by atoms with Crippen LogP contribution in [0.1, 0.15) is 29.7 Å². The van der Waals surface area contributed by atoms with E-state index in [-0.39, 0.29) is 23.9 Å². The predicted octanol–water partition coefficient (Wildman–Crippen LogP) is 5.61. The molecule has 1 N–H and O–H groups in total. The highest BCUT2D eigenvalue weighted by Crippen LogP contribution is 2.33. The Morgan fingerprint density at radius 3 is 2.50 bits per heavy atom. The molecule has 0 radical (unpaired) electrons. The molecule has 0 aliphatic carbocycles. The maximum Gasteiger partial charge on any atom is 0.271 e. The van der Waals surface area contributed by atoms with Crippen LogP contribution in [-0.4, -0.2) is 24.7 Å². The summed E-state index contributed by atoms with van der Waals surface area (Å²) in [6.07, 6.45) is 1.75. The third-order valence-corrected chi connectivity index (χ3v) is 8.52. The molecule has 0 unspecified atom stereocenters. The van der Waals surface area contributed by atoms with Gasteiger partial charge in [-0.15, -0.1) is 0 Å². The summed E-state index contributed by atoms with van der Waals surface area (Å²) < 4.78 is 33.0. The van der Waals surface area contributed by atoms with Gasteiger partial charge in [-0.1, -0.05) is 65.9 Å². The molecule has 1 aliphatic rings. The molecule has 2 heterocycles. The number of amides is 1. The highest BCUT2D eigenvalue weighted by atomic mass is 32.1. The minimum atomic E-state index is -0.749. The van der Waals surface area contributed by atoms with Gasteiger partial charge in [0.05, 0.1) is 36.1 Å². The quantitative estimate of drug-likeness (QED) is 0.228.